The van der Waals surface area contributed by atoms with E-state index in [1.807, 2.05) is 53.4 Å². The number of aromatic nitrogens is 2. The highest BCUT2D eigenvalue weighted by Crippen LogP contribution is 2.16. The number of nitrogens with one attached hydrogen (secondary N) is 2. The molecule has 1 aromatic carbocycles. The first-order chi connectivity index (χ1) is 12.1. The zero-order chi connectivity index (χ0) is 17.6. The summed E-state index contributed by atoms with van der Waals surface area (Å²) in [5.74, 6) is 1.50. The highest BCUT2D eigenvalue weighted by atomic mass is 127. The Balaban J connectivity index is 0.00000243. The van der Waals surface area contributed by atoms with Gasteiger partial charge in [0.05, 0.1) is 18.8 Å². The molecule has 140 valence electrons. The minimum Gasteiger partial charge on any atom is -0.489 e. The van der Waals surface area contributed by atoms with E-state index >= 15 is 0 Å². The second kappa shape index (κ2) is 9.98. The molecule has 0 amide bonds. The van der Waals surface area contributed by atoms with E-state index in [1.54, 1.807) is 18.4 Å². The average Bonchev–Trinajstić information content (AvgIpc) is 3.18. The summed E-state index contributed by atoms with van der Waals surface area (Å²) in [6.45, 7) is 3.24. The monoisotopic (exact) mass is 505 g/mol. The summed E-state index contributed by atoms with van der Waals surface area (Å²) in [7, 11) is 1.74. The van der Waals surface area contributed by atoms with Crippen LogP contribution in [0, 0.1) is 0 Å². The molecule has 0 spiro atoms. The molecule has 0 aliphatic rings. The third-order valence-electron chi connectivity index (χ3n) is 3.51. The first-order valence-electron chi connectivity index (χ1n) is 7.92. The van der Waals surface area contributed by atoms with Crippen LogP contribution in [0.3, 0.4) is 0 Å². The number of aliphatic imine (C=N–C) groups is 1. The normalized spacial score (nSPS) is 12.5. The van der Waals surface area contributed by atoms with E-state index in [0.29, 0.717) is 24.1 Å². The van der Waals surface area contributed by atoms with Crippen molar-refractivity contribution in [2.45, 2.75) is 19.6 Å². The van der Waals surface area contributed by atoms with Gasteiger partial charge in [-0.2, -0.15) is 0 Å². The van der Waals surface area contributed by atoms with Gasteiger partial charge in [0.1, 0.15) is 11.9 Å². The molecule has 9 heteroatoms. The van der Waals surface area contributed by atoms with Gasteiger partial charge in [0.25, 0.3) is 0 Å². The van der Waals surface area contributed by atoms with Gasteiger partial charge in [-0.3, -0.25) is 9.39 Å². The van der Waals surface area contributed by atoms with Gasteiger partial charge < -0.3 is 15.4 Å². The Labute approximate surface area is 178 Å². The van der Waals surface area contributed by atoms with E-state index in [9.17, 15) is 0 Å². The van der Waals surface area contributed by atoms with E-state index in [2.05, 4.69) is 20.6 Å². The van der Waals surface area contributed by atoms with Gasteiger partial charge >= 0.3 is 0 Å². The molecule has 2 aromatic heterocycles. The molecule has 0 radical (unpaired) electrons. The van der Waals surface area contributed by atoms with Crippen LogP contribution < -0.4 is 15.4 Å². The van der Waals surface area contributed by atoms with E-state index in [0.717, 1.165) is 16.4 Å². The van der Waals surface area contributed by atoms with Crippen LogP contribution in [0.5, 0.6) is 5.75 Å². The Kier molecular flexibility index (Phi) is 7.98. The molecule has 2 N–H and O–H groups in total. The quantitative estimate of drug-likeness (QED) is 0.304. The molecule has 26 heavy (non-hydrogen) atoms. The van der Waals surface area contributed by atoms with Gasteiger partial charge in [-0.05, 0) is 31.2 Å². The standard InChI is InChI=1S/C17H20ClN5OS.HI/c1-12(24-15-5-3-13(18)4-6-15)9-20-16(19-2)21-10-14-11-23-7-8-25-17(23)22-14;/h3-8,11-12H,9-10H2,1-2H3,(H2,19,20,21);1H. The lowest BCUT2D eigenvalue weighted by Crippen LogP contribution is -2.41. The van der Waals surface area contributed by atoms with E-state index < -0.39 is 0 Å². The van der Waals surface area contributed by atoms with Crippen molar-refractivity contribution in [3.63, 3.8) is 0 Å². The first-order valence-corrected chi connectivity index (χ1v) is 9.17. The Morgan fingerprint density at radius 2 is 2.12 bits per heavy atom. The number of rotatable bonds is 6. The van der Waals surface area contributed by atoms with Crippen molar-refractivity contribution in [2.75, 3.05) is 13.6 Å². The maximum atomic E-state index is 5.88. The number of halogens is 2. The molecular weight excluding hydrogens is 485 g/mol. The van der Waals surface area contributed by atoms with Crippen LogP contribution in [0.4, 0.5) is 0 Å². The zero-order valence-corrected chi connectivity index (χ0v) is 18.4. The summed E-state index contributed by atoms with van der Waals surface area (Å²) in [6.07, 6.45) is 4.00. The molecule has 2 heterocycles. The minimum absolute atomic E-state index is 0. The number of fused-ring (bicyclic) bond motifs is 1. The second-order valence-corrected chi connectivity index (χ2v) is 6.82. The van der Waals surface area contributed by atoms with Gasteiger partial charge in [-0.25, -0.2) is 4.98 Å². The first kappa shape index (κ1) is 20.8. The van der Waals surface area contributed by atoms with Gasteiger partial charge in [0, 0.05) is 29.8 Å². The number of hydrogen-bond donors (Lipinski definition) is 2. The van der Waals surface area contributed by atoms with Gasteiger partial charge in [-0.15, -0.1) is 35.3 Å². The largest absolute Gasteiger partial charge is 0.489 e. The smallest absolute Gasteiger partial charge is 0.193 e. The second-order valence-electron chi connectivity index (χ2n) is 5.51. The van der Waals surface area contributed by atoms with Gasteiger partial charge in [0.15, 0.2) is 10.9 Å². The zero-order valence-electron chi connectivity index (χ0n) is 14.5. The highest BCUT2D eigenvalue weighted by molar-refractivity contribution is 14.0. The number of thiazole rings is 1. The molecule has 0 saturated heterocycles. The van der Waals surface area contributed by atoms with Crippen molar-refractivity contribution in [3.8, 4) is 5.75 Å². The lowest BCUT2D eigenvalue weighted by Gasteiger charge is -2.17. The van der Waals surface area contributed by atoms with Gasteiger partial charge in [0.2, 0.25) is 0 Å². The molecule has 3 rings (SSSR count). The Morgan fingerprint density at radius 3 is 2.81 bits per heavy atom. The molecular formula is C17H21ClIN5OS. The van der Waals surface area contributed by atoms with Crippen molar-refractivity contribution in [1.29, 1.82) is 0 Å². The lowest BCUT2D eigenvalue weighted by atomic mass is 10.3. The SMILES string of the molecule is CN=C(NCc1cn2ccsc2n1)NCC(C)Oc1ccc(Cl)cc1.I. The summed E-state index contributed by atoms with van der Waals surface area (Å²) >= 11 is 7.49. The molecule has 0 fully saturated rings. The van der Waals surface area contributed by atoms with Crippen molar-refractivity contribution < 1.29 is 4.74 Å². The van der Waals surface area contributed by atoms with Crippen molar-refractivity contribution in [3.05, 3.63) is 52.8 Å². The molecule has 0 saturated carbocycles. The highest BCUT2D eigenvalue weighted by Gasteiger charge is 2.07. The summed E-state index contributed by atoms with van der Waals surface area (Å²) in [5.41, 5.74) is 0.972. The fraction of sp³-hybridized carbons (Fsp3) is 0.294. The Hall–Kier alpha value is -1.52. The maximum Gasteiger partial charge on any atom is 0.193 e. The van der Waals surface area contributed by atoms with Gasteiger partial charge in [-0.1, -0.05) is 11.6 Å². The fourth-order valence-electron chi connectivity index (χ4n) is 2.28. The van der Waals surface area contributed by atoms with Crippen LogP contribution >= 0.6 is 46.9 Å². The number of ether oxygens (including phenoxy) is 1. The topological polar surface area (TPSA) is 63.0 Å². The molecule has 0 bridgehead atoms. The van der Waals surface area contributed by atoms with Crippen LogP contribution in [-0.4, -0.2) is 35.0 Å². The van der Waals surface area contributed by atoms with Crippen LogP contribution in [0.25, 0.3) is 4.96 Å². The predicted molar refractivity (Wildman–Crippen MR) is 118 cm³/mol. The molecule has 0 aliphatic carbocycles. The summed E-state index contributed by atoms with van der Waals surface area (Å²) < 4.78 is 7.85. The minimum atomic E-state index is -0.0160. The van der Waals surface area contributed by atoms with Crippen molar-refractivity contribution in [2.24, 2.45) is 4.99 Å². The maximum absolute atomic E-state index is 5.88. The predicted octanol–water partition coefficient (Wildman–Crippen LogP) is 3.80. The third kappa shape index (κ3) is 5.75. The van der Waals surface area contributed by atoms with Crippen LogP contribution in [-0.2, 0) is 6.54 Å². The summed E-state index contributed by atoms with van der Waals surface area (Å²) in [4.78, 5) is 9.75. The molecule has 0 aliphatic heterocycles. The van der Waals surface area contributed by atoms with E-state index in [-0.39, 0.29) is 30.1 Å². The van der Waals surface area contributed by atoms with Crippen molar-refractivity contribution in [1.82, 2.24) is 20.0 Å². The third-order valence-corrected chi connectivity index (χ3v) is 4.53. The Bertz CT molecular complexity index is 820. The summed E-state index contributed by atoms with van der Waals surface area (Å²) in [6, 6.07) is 7.34. The fourth-order valence-corrected chi connectivity index (χ4v) is 3.13. The number of hydrogen-bond acceptors (Lipinski definition) is 4. The number of imidazole rings is 1. The number of nitrogens with zero attached hydrogens (tertiary/aromatic N) is 3. The molecule has 1 unspecified atom stereocenters. The lowest BCUT2D eigenvalue weighted by molar-refractivity contribution is 0.224. The van der Waals surface area contributed by atoms with Crippen LogP contribution in [0.1, 0.15) is 12.6 Å². The van der Waals surface area contributed by atoms with Crippen LogP contribution in [0.15, 0.2) is 47.0 Å². The van der Waals surface area contributed by atoms with Crippen molar-refractivity contribution >= 4 is 57.8 Å². The molecule has 1 atom stereocenters. The summed E-state index contributed by atoms with van der Waals surface area (Å²) in [5, 5.41) is 9.22. The molecule has 3 aromatic rings. The average molecular weight is 506 g/mol. The number of benzene rings is 1. The molecule has 6 nitrogen and oxygen atoms in total. The Morgan fingerprint density at radius 1 is 1.35 bits per heavy atom. The van der Waals surface area contributed by atoms with Crippen LogP contribution in [0.2, 0.25) is 5.02 Å². The number of guanidine groups is 1. The van der Waals surface area contributed by atoms with E-state index in [4.69, 9.17) is 16.3 Å². The van der Waals surface area contributed by atoms with E-state index in [1.165, 1.54) is 0 Å².